The quantitative estimate of drug-likeness (QED) is 0.546. The number of fused-ring (bicyclic) bond motifs is 2. The normalized spacial score (nSPS) is 11.4. The maximum Gasteiger partial charge on any atom is 0.417 e. The summed E-state index contributed by atoms with van der Waals surface area (Å²) in [4.78, 5) is 21.5. The lowest BCUT2D eigenvalue weighted by Gasteiger charge is -1.93. The van der Waals surface area contributed by atoms with Crippen molar-refractivity contribution in [2.24, 2.45) is 0 Å². The van der Waals surface area contributed by atoms with Crippen LogP contribution in [-0.4, -0.2) is 15.0 Å². The van der Waals surface area contributed by atoms with Crippen molar-refractivity contribution >= 4 is 22.1 Å². The fraction of sp³-hybridized carbons (Fsp3) is 0. The zero-order valence-electron chi connectivity index (χ0n) is 9.81. The SMILES string of the molecule is O=c1[nH]c2cc3[nH]c(-c4ccccc4)nc3cc2o1. The van der Waals surface area contributed by atoms with Crippen LogP contribution >= 0.6 is 0 Å². The molecule has 2 N–H and O–H groups in total. The lowest BCUT2D eigenvalue weighted by Crippen LogP contribution is -1.92. The molecule has 0 saturated carbocycles. The summed E-state index contributed by atoms with van der Waals surface area (Å²) in [5.41, 5.74) is 3.84. The summed E-state index contributed by atoms with van der Waals surface area (Å²) in [6.07, 6.45) is 0. The van der Waals surface area contributed by atoms with E-state index in [0.29, 0.717) is 11.1 Å². The molecular weight excluding hydrogens is 242 g/mol. The van der Waals surface area contributed by atoms with Crippen molar-refractivity contribution in [2.45, 2.75) is 0 Å². The van der Waals surface area contributed by atoms with Crippen LogP contribution in [0.15, 0.2) is 51.7 Å². The number of nitrogens with one attached hydrogen (secondary N) is 2. The number of rotatable bonds is 1. The summed E-state index contributed by atoms with van der Waals surface area (Å²) >= 11 is 0. The van der Waals surface area contributed by atoms with E-state index in [1.165, 1.54) is 0 Å². The first-order valence-corrected chi connectivity index (χ1v) is 5.87. The molecule has 5 nitrogen and oxygen atoms in total. The van der Waals surface area contributed by atoms with Gasteiger partial charge in [0.15, 0.2) is 5.58 Å². The van der Waals surface area contributed by atoms with E-state index in [1.54, 1.807) is 6.07 Å². The van der Waals surface area contributed by atoms with Gasteiger partial charge in [-0.3, -0.25) is 4.98 Å². The average molecular weight is 251 g/mol. The number of hydrogen-bond donors (Lipinski definition) is 2. The molecule has 0 bridgehead atoms. The Morgan fingerprint density at radius 1 is 1.00 bits per heavy atom. The van der Waals surface area contributed by atoms with Gasteiger partial charge in [-0.1, -0.05) is 30.3 Å². The number of aromatic amines is 2. The van der Waals surface area contributed by atoms with Crippen molar-refractivity contribution in [3.63, 3.8) is 0 Å². The molecule has 4 rings (SSSR count). The predicted octanol–water partition coefficient (Wildman–Crippen LogP) is 2.66. The Morgan fingerprint density at radius 2 is 1.84 bits per heavy atom. The lowest BCUT2D eigenvalue weighted by molar-refractivity contribution is 0.555. The third-order valence-corrected chi connectivity index (χ3v) is 3.07. The standard InChI is InChI=1S/C14H9N3O2/c18-14-17-11-6-9-10(7-12(11)19-14)16-13(15-9)8-4-2-1-3-5-8/h1-7H,(H,15,16)(H,17,18). The van der Waals surface area contributed by atoms with Gasteiger partial charge < -0.3 is 9.40 Å². The average Bonchev–Trinajstić information content (AvgIpc) is 2.98. The van der Waals surface area contributed by atoms with Gasteiger partial charge in [0.2, 0.25) is 0 Å². The van der Waals surface area contributed by atoms with E-state index in [1.807, 2.05) is 36.4 Å². The first-order chi connectivity index (χ1) is 9.29. The molecule has 4 aromatic rings. The Kier molecular flexibility index (Phi) is 1.91. The molecule has 0 saturated heterocycles. The van der Waals surface area contributed by atoms with Crippen molar-refractivity contribution in [3.8, 4) is 11.4 Å². The number of aromatic nitrogens is 3. The molecule has 0 atom stereocenters. The van der Waals surface area contributed by atoms with Crippen LogP contribution in [0.1, 0.15) is 0 Å². The number of benzene rings is 2. The van der Waals surface area contributed by atoms with Gasteiger partial charge in [0.05, 0.1) is 16.6 Å². The minimum atomic E-state index is -0.453. The van der Waals surface area contributed by atoms with Crippen molar-refractivity contribution < 1.29 is 4.42 Å². The Labute approximate surface area is 106 Å². The molecule has 92 valence electrons. The fourth-order valence-corrected chi connectivity index (χ4v) is 2.19. The number of H-pyrrole nitrogens is 2. The van der Waals surface area contributed by atoms with Crippen LogP contribution in [-0.2, 0) is 0 Å². The fourth-order valence-electron chi connectivity index (χ4n) is 2.19. The minimum absolute atomic E-state index is 0.453. The molecule has 0 spiro atoms. The van der Waals surface area contributed by atoms with Crippen molar-refractivity contribution in [1.29, 1.82) is 0 Å². The highest BCUT2D eigenvalue weighted by atomic mass is 16.4. The van der Waals surface area contributed by atoms with Gasteiger partial charge in [-0.05, 0) is 6.07 Å². The third kappa shape index (κ3) is 1.55. The number of oxazole rings is 1. The van der Waals surface area contributed by atoms with Gasteiger partial charge in [0, 0.05) is 11.6 Å². The summed E-state index contributed by atoms with van der Waals surface area (Å²) in [6.45, 7) is 0. The Morgan fingerprint density at radius 3 is 2.68 bits per heavy atom. The molecule has 2 aromatic heterocycles. The van der Waals surface area contributed by atoms with Crippen LogP contribution in [0.4, 0.5) is 0 Å². The number of imidazole rings is 1. The number of nitrogens with zero attached hydrogens (tertiary/aromatic N) is 1. The van der Waals surface area contributed by atoms with Gasteiger partial charge in [0.1, 0.15) is 5.82 Å². The van der Waals surface area contributed by atoms with Crippen molar-refractivity contribution in [1.82, 2.24) is 15.0 Å². The smallest absolute Gasteiger partial charge is 0.408 e. The molecule has 2 heterocycles. The highest BCUT2D eigenvalue weighted by Gasteiger charge is 2.08. The summed E-state index contributed by atoms with van der Waals surface area (Å²) in [6, 6.07) is 13.5. The molecule has 5 heteroatoms. The van der Waals surface area contributed by atoms with E-state index in [9.17, 15) is 4.79 Å². The van der Waals surface area contributed by atoms with Gasteiger partial charge in [-0.25, -0.2) is 9.78 Å². The van der Waals surface area contributed by atoms with Crippen LogP contribution in [0.25, 0.3) is 33.5 Å². The second-order valence-corrected chi connectivity index (χ2v) is 4.33. The van der Waals surface area contributed by atoms with E-state index < -0.39 is 5.76 Å². The van der Waals surface area contributed by atoms with E-state index in [4.69, 9.17) is 4.42 Å². The largest absolute Gasteiger partial charge is 0.417 e. The molecule has 0 fully saturated rings. The molecule has 0 unspecified atom stereocenters. The second-order valence-electron chi connectivity index (χ2n) is 4.33. The Hall–Kier alpha value is -2.82. The Balaban J connectivity index is 1.99. The van der Waals surface area contributed by atoms with Crippen LogP contribution in [0, 0.1) is 0 Å². The molecule has 0 aliphatic heterocycles. The maximum absolute atomic E-state index is 11.1. The van der Waals surface area contributed by atoms with Crippen LogP contribution < -0.4 is 5.76 Å². The molecule has 0 aliphatic carbocycles. The van der Waals surface area contributed by atoms with Crippen LogP contribution in [0.2, 0.25) is 0 Å². The highest BCUT2D eigenvalue weighted by molar-refractivity contribution is 5.91. The van der Waals surface area contributed by atoms with Crippen molar-refractivity contribution in [2.75, 3.05) is 0 Å². The maximum atomic E-state index is 11.1. The van der Waals surface area contributed by atoms with Crippen molar-refractivity contribution in [3.05, 3.63) is 53.0 Å². The zero-order chi connectivity index (χ0) is 12.8. The molecule has 2 aromatic carbocycles. The summed E-state index contributed by atoms with van der Waals surface area (Å²) < 4.78 is 5.03. The van der Waals surface area contributed by atoms with Gasteiger partial charge in [-0.15, -0.1) is 0 Å². The van der Waals surface area contributed by atoms with Gasteiger partial charge in [-0.2, -0.15) is 0 Å². The predicted molar refractivity (Wildman–Crippen MR) is 71.9 cm³/mol. The third-order valence-electron chi connectivity index (χ3n) is 3.07. The first-order valence-electron chi connectivity index (χ1n) is 5.87. The van der Waals surface area contributed by atoms with Gasteiger partial charge >= 0.3 is 5.76 Å². The van der Waals surface area contributed by atoms with E-state index in [2.05, 4.69) is 15.0 Å². The molecule has 0 radical (unpaired) electrons. The molecular formula is C14H9N3O2. The summed E-state index contributed by atoms with van der Waals surface area (Å²) in [7, 11) is 0. The first kappa shape index (κ1) is 10.1. The van der Waals surface area contributed by atoms with Crippen LogP contribution in [0.3, 0.4) is 0 Å². The van der Waals surface area contributed by atoms with E-state index in [-0.39, 0.29) is 0 Å². The monoisotopic (exact) mass is 251 g/mol. The second kappa shape index (κ2) is 3.58. The van der Waals surface area contributed by atoms with Crippen LogP contribution in [0.5, 0.6) is 0 Å². The molecule has 0 amide bonds. The minimum Gasteiger partial charge on any atom is -0.408 e. The zero-order valence-corrected chi connectivity index (χ0v) is 9.81. The molecule has 0 aliphatic rings. The lowest BCUT2D eigenvalue weighted by atomic mass is 10.2. The summed E-state index contributed by atoms with van der Waals surface area (Å²) in [5, 5.41) is 0. The highest BCUT2D eigenvalue weighted by Crippen LogP contribution is 2.23. The topological polar surface area (TPSA) is 74.7 Å². The van der Waals surface area contributed by atoms with Gasteiger partial charge in [0.25, 0.3) is 0 Å². The summed E-state index contributed by atoms with van der Waals surface area (Å²) in [5.74, 6) is 0.344. The Bertz CT molecular complexity index is 878. The molecule has 19 heavy (non-hydrogen) atoms. The van der Waals surface area contributed by atoms with E-state index in [0.717, 1.165) is 22.4 Å². The van der Waals surface area contributed by atoms with E-state index >= 15 is 0 Å². The number of hydrogen-bond acceptors (Lipinski definition) is 3.